The van der Waals surface area contributed by atoms with E-state index in [1.165, 1.54) is 10.5 Å². The average Bonchev–Trinajstić information content (AvgIpc) is 3.21. The Bertz CT molecular complexity index is 904. The third-order valence-electron chi connectivity index (χ3n) is 4.88. The Morgan fingerprint density at radius 3 is 2.41 bits per heavy atom. The molecule has 1 saturated heterocycles. The molecule has 0 saturated carbocycles. The van der Waals surface area contributed by atoms with Crippen molar-refractivity contribution in [2.45, 2.75) is 13.0 Å². The molecule has 172 valence electrons. The Morgan fingerprint density at radius 1 is 1.06 bits per heavy atom. The van der Waals surface area contributed by atoms with Crippen LogP contribution in [0.1, 0.15) is 11.1 Å². The van der Waals surface area contributed by atoms with Crippen LogP contribution in [0.2, 0.25) is 0 Å². The van der Waals surface area contributed by atoms with Crippen molar-refractivity contribution in [2.75, 3.05) is 45.2 Å². The number of guanidine groups is 1. The van der Waals surface area contributed by atoms with Crippen LogP contribution in [0, 0.1) is 0 Å². The third kappa shape index (κ3) is 7.70. The largest absolute Gasteiger partial charge is 0.447 e. The Balaban J connectivity index is 0.00000363. The molecule has 9 heteroatoms. The predicted molar refractivity (Wildman–Crippen MR) is 137 cm³/mol. The fourth-order valence-corrected chi connectivity index (χ4v) is 3.04. The van der Waals surface area contributed by atoms with Crippen LogP contribution in [0.25, 0.3) is 0 Å². The van der Waals surface area contributed by atoms with Gasteiger partial charge in [0, 0.05) is 26.3 Å². The number of hydrogen-bond acceptors (Lipinski definition) is 4. The van der Waals surface area contributed by atoms with Crippen molar-refractivity contribution in [1.29, 1.82) is 0 Å². The first-order valence-corrected chi connectivity index (χ1v) is 10.3. The van der Waals surface area contributed by atoms with E-state index in [1.807, 2.05) is 42.5 Å². The minimum absolute atomic E-state index is 0. The zero-order valence-electron chi connectivity index (χ0n) is 18.4. The lowest BCUT2D eigenvalue weighted by Gasteiger charge is -2.15. The SMILES string of the molecule is CN(C)C(=O)CNC(=NCc1ccc(N2CCOC2=O)cc1)NCCc1ccccc1.I. The summed E-state index contributed by atoms with van der Waals surface area (Å²) < 4.78 is 4.98. The number of hydrogen-bond donors (Lipinski definition) is 2. The molecule has 32 heavy (non-hydrogen) atoms. The molecule has 2 aromatic rings. The van der Waals surface area contributed by atoms with Crippen LogP contribution in [0.4, 0.5) is 10.5 Å². The van der Waals surface area contributed by atoms with E-state index >= 15 is 0 Å². The fraction of sp³-hybridized carbons (Fsp3) is 0.348. The van der Waals surface area contributed by atoms with E-state index in [0.717, 1.165) is 17.7 Å². The second-order valence-electron chi connectivity index (χ2n) is 7.40. The van der Waals surface area contributed by atoms with E-state index in [9.17, 15) is 9.59 Å². The Labute approximate surface area is 206 Å². The first-order valence-electron chi connectivity index (χ1n) is 10.3. The van der Waals surface area contributed by atoms with Gasteiger partial charge >= 0.3 is 6.09 Å². The van der Waals surface area contributed by atoms with Crippen molar-refractivity contribution in [3.63, 3.8) is 0 Å². The lowest BCUT2D eigenvalue weighted by atomic mass is 10.1. The van der Waals surface area contributed by atoms with Gasteiger partial charge in [0.25, 0.3) is 0 Å². The molecule has 0 bridgehead atoms. The van der Waals surface area contributed by atoms with E-state index in [4.69, 9.17) is 4.74 Å². The molecule has 8 nitrogen and oxygen atoms in total. The van der Waals surface area contributed by atoms with Crippen LogP contribution in [-0.4, -0.2) is 63.2 Å². The summed E-state index contributed by atoms with van der Waals surface area (Å²) in [5, 5.41) is 6.39. The number of halogens is 1. The summed E-state index contributed by atoms with van der Waals surface area (Å²) in [6.45, 7) is 2.29. The molecule has 2 amide bonds. The summed E-state index contributed by atoms with van der Waals surface area (Å²) in [7, 11) is 3.45. The third-order valence-corrected chi connectivity index (χ3v) is 4.88. The van der Waals surface area contributed by atoms with Gasteiger partial charge in [0.1, 0.15) is 6.61 Å². The maximum atomic E-state index is 11.9. The highest BCUT2D eigenvalue weighted by Crippen LogP contribution is 2.19. The molecule has 1 aliphatic rings. The van der Waals surface area contributed by atoms with Crippen molar-refractivity contribution < 1.29 is 14.3 Å². The van der Waals surface area contributed by atoms with Crippen molar-refractivity contribution in [3.8, 4) is 0 Å². The Morgan fingerprint density at radius 2 is 1.78 bits per heavy atom. The fourth-order valence-electron chi connectivity index (χ4n) is 3.04. The van der Waals surface area contributed by atoms with Crippen LogP contribution < -0.4 is 15.5 Å². The smallest absolute Gasteiger partial charge is 0.414 e. The molecule has 1 heterocycles. The molecule has 1 fully saturated rings. The summed E-state index contributed by atoms with van der Waals surface area (Å²) in [4.78, 5) is 31.4. The van der Waals surface area contributed by atoms with Crippen LogP contribution in [0.5, 0.6) is 0 Å². The molecular formula is C23H30IN5O3. The first-order chi connectivity index (χ1) is 15.0. The number of cyclic esters (lactones) is 1. The Kier molecular flexibility index (Phi) is 10.3. The van der Waals surface area contributed by atoms with Crippen LogP contribution >= 0.6 is 24.0 Å². The summed E-state index contributed by atoms with van der Waals surface area (Å²) in [6, 6.07) is 17.9. The monoisotopic (exact) mass is 551 g/mol. The molecule has 0 atom stereocenters. The minimum Gasteiger partial charge on any atom is -0.447 e. The van der Waals surface area contributed by atoms with Gasteiger partial charge in [-0.15, -0.1) is 24.0 Å². The highest BCUT2D eigenvalue weighted by Gasteiger charge is 2.23. The maximum Gasteiger partial charge on any atom is 0.414 e. The van der Waals surface area contributed by atoms with Crippen molar-refractivity contribution in [3.05, 3.63) is 65.7 Å². The van der Waals surface area contributed by atoms with Crippen LogP contribution in [0.15, 0.2) is 59.6 Å². The van der Waals surface area contributed by atoms with Gasteiger partial charge in [0.15, 0.2) is 5.96 Å². The zero-order chi connectivity index (χ0) is 22.1. The molecule has 2 aromatic carbocycles. The number of ether oxygens (including phenoxy) is 1. The number of nitrogens with one attached hydrogen (secondary N) is 2. The Hall–Kier alpha value is -2.82. The van der Waals surface area contributed by atoms with Gasteiger partial charge in [0.2, 0.25) is 5.91 Å². The topological polar surface area (TPSA) is 86.3 Å². The molecular weight excluding hydrogens is 521 g/mol. The standard InChI is InChI=1S/C23H29N5O3.HI/c1-27(2)21(29)17-26-22(24-13-12-18-6-4-3-5-7-18)25-16-19-8-10-20(11-9-19)28-14-15-31-23(28)30;/h3-11H,12-17H2,1-2H3,(H2,24,25,26);1H. The second-order valence-corrected chi connectivity index (χ2v) is 7.40. The van der Waals surface area contributed by atoms with Gasteiger partial charge in [-0.25, -0.2) is 9.79 Å². The second kappa shape index (κ2) is 12.9. The van der Waals surface area contributed by atoms with Gasteiger partial charge in [-0.3, -0.25) is 9.69 Å². The predicted octanol–water partition coefficient (Wildman–Crippen LogP) is 2.63. The quantitative estimate of drug-likeness (QED) is 0.300. The number of benzene rings is 2. The van der Waals surface area contributed by atoms with Gasteiger partial charge in [-0.2, -0.15) is 0 Å². The molecule has 0 spiro atoms. The number of anilines is 1. The summed E-state index contributed by atoms with van der Waals surface area (Å²) >= 11 is 0. The van der Waals surface area contributed by atoms with Crippen LogP contribution in [-0.2, 0) is 22.5 Å². The van der Waals surface area contributed by atoms with E-state index in [1.54, 1.807) is 19.0 Å². The van der Waals surface area contributed by atoms with Gasteiger partial charge in [-0.1, -0.05) is 42.5 Å². The molecule has 0 radical (unpaired) electrons. The van der Waals surface area contributed by atoms with E-state index in [-0.39, 0.29) is 42.5 Å². The normalized spacial score (nSPS) is 13.2. The number of amides is 2. The van der Waals surface area contributed by atoms with Gasteiger partial charge in [0.05, 0.1) is 19.6 Å². The number of aliphatic imine (C=N–C) groups is 1. The summed E-state index contributed by atoms with van der Waals surface area (Å²) in [5.41, 5.74) is 3.04. The highest BCUT2D eigenvalue weighted by molar-refractivity contribution is 14.0. The summed E-state index contributed by atoms with van der Waals surface area (Å²) in [6.07, 6.45) is 0.537. The van der Waals surface area contributed by atoms with Crippen molar-refractivity contribution >= 4 is 47.6 Å². The number of likely N-dealkylation sites (N-methyl/N-ethyl adjacent to an activating group) is 1. The number of nitrogens with zero attached hydrogens (tertiary/aromatic N) is 3. The average molecular weight is 551 g/mol. The number of carbonyl (C=O) groups excluding carboxylic acids is 2. The lowest BCUT2D eigenvalue weighted by Crippen LogP contribution is -2.43. The molecule has 0 aliphatic carbocycles. The summed E-state index contributed by atoms with van der Waals surface area (Å²) in [5.74, 6) is 0.553. The van der Waals surface area contributed by atoms with E-state index < -0.39 is 0 Å². The van der Waals surface area contributed by atoms with Gasteiger partial charge < -0.3 is 20.3 Å². The molecule has 3 rings (SSSR count). The molecule has 0 aromatic heterocycles. The van der Waals surface area contributed by atoms with Crippen molar-refractivity contribution in [1.82, 2.24) is 15.5 Å². The van der Waals surface area contributed by atoms with Crippen LogP contribution in [0.3, 0.4) is 0 Å². The first kappa shape index (κ1) is 25.4. The maximum absolute atomic E-state index is 11.9. The lowest BCUT2D eigenvalue weighted by molar-refractivity contribution is -0.127. The van der Waals surface area contributed by atoms with E-state index in [0.29, 0.717) is 32.2 Å². The highest BCUT2D eigenvalue weighted by atomic mass is 127. The molecule has 0 unspecified atom stereocenters. The van der Waals surface area contributed by atoms with Gasteiger partial charge in [-0.05, 0) is 29.7 Å². The molecule has 2 N–H and O–H groups in total. The minimum atomic E-state index is -0.314. The number of rotatable bonds is 8. The zero-order valence-corrected chi connectivity index (χ0v) is 20.7. The van der Waals surface area contributed by atoms with E-state index in [2.05, 4.69) is 27.8 Å². The van der Waals surface area contributed by atoms with Crippen molar-refractivity contribution in [2.24, 2.45) is 4.99 Å². The number of carbonyl (C=O) groups is 2. The molecule has 1 aliphatic heterocycles.